The summed E-state index contributed by atoms with van der Waals surface area (Å²) in [6, 6.07) is 9.65. The second-order valence-electron chi connectivity index (χ2n) is 5.61. The monoisotopic (exact) mass is 299 g/mol. The van der Waals surface area contributed by atoms with Crippen LogP contribution in [0.5, 0.6) is 0 Å². The van der Waals surface area contributed by atoms with Crippen molar-refractivity contribution >= 4 is 11.8 Å². The molecule has 1 aliphatic rings. The van der Waals surface area contributed by atoms with Gasteiger partial charge < -0.3 is 10.2 Å². The number of carbonyl (C=O) groups is 2. The number of hydrogen-bond donors (Lipinski definition) is 1. The van der Waals surface area contributed by atoms with Gasteiger partial charge in [-0.05, 0) is 25.3 Å². The normalized spacial score (nSPS) is 17.4. The first-order chi connectivity index (χ1) is 10.6. The van der Waals surface area contributed by atoms with Gasteiger partial charge >= 0.3 is 0 Å². The smallest absolute Gasteiger partial charge is 0.242 e. The van der Waals surface area contributed by atoms with E-state index in [2.05, 4.69) is 5.32 Å². The Morgan fingerprint density at radius 2 is 2.14 bits per heavy atom. The highest BCUT2D eigenvalue weighted by atomic mass is 16.2. The number of rotatable bonds is 6. The Kier molecular flexibility index (Phi) is 5.54. The average Bonchev–Trinajstić information content (AvgIpc) is 2.87. The fourth-order valence-corrected chi connectivity index (χ4v) is 2.59. The van der Waals surface area contributed by atoms with Crippen molar-refractivity contribution in [2.75, 3.05) is 6.54 Å². The molecule has 0 radical (unpaired) electrons. The van der Waals surface area contributed by atoms with Crippen LogP contribution in [0.2, 0.25) is 0 Å². The van der Waals surface area contributed by atoms with Crippen LogP contribution in [0.3, 0.4) is 0 Å². The molecule has 0 spiro atoms. The van der Waals surface area contributed by atoms with Crippen molar-refractivity contribution in [3.8, 4) is 6.07 Å². The van der Waals surface area contributed by atoms with Gasteiger partial charge in [-0.25, -0.2) is 0 Å². The molecule has 0 saturated carbocycles. The summed E-state index contributed by atoms with van der Waals surface area (Å²) in [6.45, 7) is 2.97. The highest BCUT2D eigenvalue weighted by Crippen LogP contribution is 2.22. The maximum Gasteiger partial charge on any atom is 0.242 e. The van der Waals surface area contributed by atoms with E-state index >= 15 is 0 Å². The second kappa shape index (κ2) is 7.60. The molecule has 0 bridgehead atoms. The molecule has 116 valence electrons. The van der Waals surface area contributed by atoms with Crippen LogP contribution in [0.15, 0.2) is 24.3 Å². The summed E-state index contributed by atoms with van der Waals surface area (Å²) in [5.74, 6) is -0.0892. The van der Waals surface area contributed by atoms with Crippen LogP contribution in [0.4, 0.5) is 0 Å². The third-order valence-electron chi connectivity index (χ3n) is 3.87. The first-order valence-corrected chi connectivity index (χ1v) is 7.61. The predicted molar refractivity (Wildman–Crippen MR) is 82.6 cm³/mol. The molecule has 1 fully saturated rings. The number of carbonyl (C=O) groups excluding carboxylic acids is 2. The summed E-state index contributed by atoms with van der Waals surface area (Å²) in [4.78, 5) is 25.9. The van der Waals surface area contributed by atoms with E-state index in [-0.39, 0.29) is 11.8 Å². The fourth-order valence-electron chi connectivity index (χ4n) is 2.59. The van der Waals surface area contributed by atoms with Crippen molar-refractivity contribution in [3.63, 3.8) is 0 Å². The largest absolute Gasteiger partial charge is 0.354 e. The SMILES string of the molecule is Cc1ccc(CN2C(=O)CC[C@H]2C(=O)NCCCC#N)cc1. The van der Waals surface area contributed by atoms with E-state index in [1.807, 2.05) is 37.3 Å². The van der Waals surface area contributed by atoms with Crippen molar-refractivity contribution in [3.05, 3.63) is 35.4 Å². The Labute approximate surface area is 130 Å². The third kappa shape index (κ3) is 4.08. The summed E-state index contributed by atoms with van der Waals surface area (Å²) >= 11 is 0. The maximum atomic E-state index is 12.2. The highest BCUT2D eigenvalue weighted by Gasteiger charge is 2.35. The van der Waals surface area contributed by atoms with E-state index in [4.69, 9.17) is 5.26 Å². The zero-order valence-electron chi connectivity index (χ0n) is 12.8. The summed E-state index contributed by atoms with van der Waals surface area (Å²) in [6.07, 6.45) is 2.05. The molecule has 1 N–H and O–H groups in total. The van der Waals surface area contributed by atoms with Crippen LogP contribution in [0, 0.1) is 18.3 Å². The van der Waals surface area contributed by atoms with Crippen LogP contribution < -0.4 is 5.32 Å². The van der Waals surface area contributed by atoms with Gasteiger partial charge in [0.1, 0.15) is 6.04 Å². The lowest BCUT2D eigenvalue weighted by Gasteiger charge is -2.24. The first kappa shape index (κ1) is 16.0. The number of aryl methyl sites for hydroxylation is 1. The van der Waals surface area contributed by atoms with Gasteiger partial charge in [-0.15, -0.1) is 0 Å². The maximum absolute atomic E-state index is 12.2. The second-order valence-corrected chi connectivity index (χ2v) is 5.61. The van der Waals surface area contributed by atoms with E-state index < -0.39 is 6.04 Å². The fraction of sp³-hybridized carbons (Fsp3) is 0.471. The van der Waals surface area contributed by atoms with Gasteiger partial charge in [0.15, 0.2) is 0 Å². The highest BCUT2D eigenvalue weighted by molar-refractivity contribution is 5.90. The van der Waals surface area contributed by atoms with Crippen LogP contribution in [-0.4, -0.2) is 29.3 Å². The van der Waals surface area contributed by atoms with Gasteiger partial charge in [0.25, 0.3) is 0 Å². The minimum absolute atomic E-state index is 0.0257. The third-order valence-corrected chi connectivity index (χ3v) is 3.87. The van der Waals surface area contributed by atoms with Crippen molar-refractivity contribution in [2.24, 2.45) is 0 Å². The van der Waals surface area contributed by atoms with Crippen LogP contribution in [0.1, 0.15) is 36.8 Å². The topological polar surface area (TPSA) is 73.2 Å². The summed E-state index contributed by atoms with van der Waals surface area (Å²) < 4.78 is 0. The van der Waals surface area contributed by atoms with Gasteiger partial charge in [0, 0.05) is 25.9 Å². The molecule has 0 aliphatic carbocycles. The van der Waals surface area contributed by atoms with Crippen LogP contribution >= 0.6 is 0 Å². The van der Waals surface area contributed by atoms with Gasteiger partial charge in [0.2, 0.25) is 11.8 Å². The lowest BCUT2D eigenvalue weighted by Crippen LogP contribution is -2.44. The van der Waals surface area contributed by atoms with E-state index in [0.29, 0.717) is 38.8 Å². The molecule has 2 amide bonds. The number of hydrogen-bond acceptors (Lipinski definition) is 3. The number of benzene rings is 1. The van der Waals surface area contributed by atoms with Crippen molar-refractivity contribution < 1.29 is 9.59 Å². The van der Waals surface area contributed by atoms with Gasteiger partial charge in [-0.2, -0.15) is 5.26 Å². The number of unbranched alkanes of at least 4 members (excludes halogenated alkanes) is 1. The zero-order valence-corrected chi connectivity index (χ0v) is 12.8. The summed E-state index contributed by atoms with van der Waals surface area (Å²) in [7, 11) is 0. The Bertz CT molecular complexity index is 575. The molecule has 5 nitrogen and oxygen atoms in total. The van der Waals surface area contributed by atoms with Crippen LogP contribution in [0.25, 0.3) is 0 Å². The number of nitriles is 1. The lowest BCUT2D eigenvalue weighted by molar-refractivity contribution is -0.135. The molecule has 0 unspecified atom stereocenters. The number of nitrogens with one attached hydrogen (secondary N) is 1. The Morgan fingerprint density at radius 1 is 1.41 bits per heavy atom. The van der Waals surface area contributed by atoms with E-state index in [1.165, 1.54) is 5.56 Å². The molecule has 1 saturated heterocycles. The predicted octanol–water partition coefficient (Wildman–Crippen LogP) is 1.91. The van der Waals surface area contributed by atoms with E-state index in [1.54, 1.807) is 4.90 Å². The number of likely N-dealkylation sites (tertiary alicyclic amines) is 1. The van der Waals surface area contributed by atoms with Crippen molar-refractivity contribution in [1.29, 1.82) is 5.26 Å². The van der Waals surface area contributed by atoms with Gasteiger partial charge in [0.05, 0.1) is 6.07 Å². The summed E-state index contributed by atoms with van der Waals surface area (Å²) in [5, 5.41) is 11.3. The number of amides is 2. The molecular formula is C17H21N3O2. The average molecular weight is 299 g/mol. The molecule has 1 aromatic rings. The molecule has 22 heavy (non-hydrogen) atoms. The molecule has 2 rings (SSSR count). The van der Waals surface area contributed by atoms with E-state index in [9.17, 15) is 9.59 Å². The Morgan fingerprint density at radius 3 is 2.82 bits per heavy atom. The lowest BCUT2D eigenvalue weighted by atomic mass is 10.1. The number of nitrogens with zero attached hydrogens (tertiary/aromatic N) is 2. The Hall–Kier alpha value is -2.35. The minimum atomic E-state index is -0.393. The zero-order chi connectivity index (χ0) is 15.9. The molecule has 1 aliphatic heterocycles. The molecule has 1 atom stereocenters. The van der Waals surface area contributed by atoms with Crippen molar-refractivity contribution in [1.82, 2.24) is 10.2 Å². The minimum Gasteiger partial charge on any atom is -0.354 e. The molecule has 1 aromatic carbocycles. The van der Waals surface area contributed by atoms with Crippen molar-refractivity contribution in [2.45, 2.75) is 45.2 Å². The summed E-state index contributed by atoms with van der Waals surface area (Å²) in [5.41, 5.74) is 2.20. The molecule has 1 heterocycles. The molecular weight excluding hydrogens is 278 g/mol. The quantitative estimate of drug-likeness (QED) is 0.815. The van der Waals surface area contributed by atoms with E-state index in [0.717, 1.165) is 5.56 Å². The standard InChI is InChI=1S/C17H21N3O2/c1-13-4-6-14(7-5-13)12-20-15(8-9-16(20)21)17(22)19-11-3-2-10-18/h4-7,15H,2-3,8-9,11-12H2,1H3,(H,19,22)/t15-/m0/s1. The first-order valence-electron chi connectivity index (χ1n) is 7.61. The van der Waals surface area contributed by atoms with Gasteiger partial charge in [-0.3, -0.25) is 9.59 Å². The van der Waals surface area contributed by atoms with Crippen LogP contribution in [-0.2, 0) is 16.1 Å². The molecule has 5 heteroatoms. The Balaban J connectivity index is 1.95. The molecule has 0 aromatic heterocycles. The van der Waals surface area contributed by atoms with Gasteiger partial charge in [-0.1, -0.05) is 29.8 Å².